The lowest BCUT2D eigenvalue weighted by Gasteiger charge is -2.21. The third-order valence-corrected chi connectivity index (χ3v) is 4.39. The van der Waals surface area contributed by atoms with E-state index in [1.807, 2.05) is 30.3 Å². The predicted molar refractivity (Wildman–Crippen MR) is 94.2 cm³/mol. The zero-order valence-electron chi connectivity index (χ0n) is 13.5. The number of nitro groups is 1. The topological polar surface area (TPSA) is 102 Å². The van der Waals surface area contributed by atoms with Crippen LogP contribution in [0.2, 0.25) is 0 Å². The molecule has 0 saturated heterocycles. The number of rotatable bonds is 9. The lowest BCUT2D eigenvalue weighted by molar-refractivity contribution is -0.387. The zero-order chi connectivity index (χ0) is 18.2. The highest BCUT2D eigenvalue weighted by molar-refractivity contribution is 7.97. The van der Waals surface area contributed by atoms with Crippen LogP contribution in [0.4, 0.5) is 5.69 Å². The third kappa shape index (κ3) is 5.56. The van der Waals surface area contributed by atoms with Gasteiger partial charge in [-0.25, -0.2) is 4.72 Å². The van der Waals surface area contributed by atoms with Crippen molar-refractivity contribution in [3.05, 3.63) is 70.3 Å². The van der Waals surface area contributed by atoms with E-state index in [-0.39, 0.29) is 12.3 Å². The van der Waals surface area contributed by atoms with Crippen molar-refractivity contribution in [2.24, 2.45) is 0 Å². The zero-order valence-corrected chi connectivity index (χ0v) is 14.3. The molecule has 132 valence electrons. The first-order valence-corrected chi connectivity index (χ1v) is 8.35. The van der Waals surface area contributed by atoms with Crippen LogP contribution in [-0.2, 0) is 16.1 Å². The summed E-state index contributed by atoms with van der Waals surface area (Å²) in [5.41, 5.74) is 0.854. The summed E-state index contributed by atoms with van der Waals surface area (Å²) in [4.78, 5) is 22.4. The molecule has 0 amide bonds. The molecule has 0 spiro atoms. The van der Waals surface area contributed by atoms with E-state index in [0.29, 0.717) is 4.90 Å². The molecule has 0 aliphatic rings. The third-order valence-electron chi connectivity index (χ3n) is 3.45. The maximum Gasteiger partial charge on any atom is 0.324 e. The van der Waals surface area contributed by atoms with E-state index < -0.39 is 23.0 Å². The molecule has 0 saturated carbocycles. The molecule has 2 aromatic rings. The molecule has 0 unspecified atom stereocenters. The van der Waals surface area contributed by atoms with Crippen molar-refractivity contribution < 1.29 is 19.6 Å². The van der Waals surface area contributed by atoms with Crippen LogP contribution in [0, 0.1) is 10.1 Å². The van der Waals surface area contributed by atoms with Crippen LogP contribution in [0.25, 0.3) is 0 Å². The minimum absolute atomic E-state index is 0.0815. The summed E-state index contributed by atoms with van der Waals surface area (Å²) < 4.78 is 8.38. The second-order valence-electron chi connectivity index (χ2n) is 5.26. The summed E-state index contributed by atoms with van der Waals surface area (Å²) in [7, 11) is 0. The van der Waals surface area contributed by atoms with Gasteiger partial charge < -0.3 is 9.84 Å². The SMILES string of the molecule is C[C@@H](OCc1ccccc1)[C@H](NSc1ccccc1[N+](=O)[O-])C(=O)O. The standard InChI is InChI=1S/C17H18N2O5S/c1-12(24-11-13-7-3-2-4-8-13)16(17(20)21)18-25-15-10-6-5-9-14(15)19(22)23/h2-10,12,16,18H,11H2,1H3,(H,20,21)/t12-,16+/m1/s1. The Hall–Kier alpha value is -2.42. The number of carboxylic acid groups (broad SMARTS) is 1. The maximum atomic E-state index is 11.5. The van der Waals surface area contributed by atoms with Crippen molar-refractivity contribution >= 4 is 23.6 Å². The van der Waals surface area contributed by atoms with E-state index in [4.69, 9.17) is 4.74 Å². The van der Waals surface area contributed by atoms with Crippen molar-refractivity contribution in [1.29, 1.82) is 0 Å². The average molecular weight is 362 g/mol. The van der Waals surface area contributed by atoms with Gasteiger partial charge in [0.1, 0.15) is 10.9 Å². The molecule has 2 aromatic carbocycles. The van der Waals surface area contributed by atoms with Gasteiger partial charge in [0, 0.05) is 6.07 Å². The van der Waals surface area contributed by atoms with Crippen molar-refractivity contribution in [1.82, 2.24) is 4.72 Å². The number of carbonyl (C=O) groups is 1. The molecule has 7 nitrogen and oxygen atoms in total. The number of nitrogens with one attached hydrogen (secondary N) is 1. The fourth-order valence-corrected chi connectivity index (χ4v) is 3.01. The van der Waals surface area contributed by atoms with E-state index in [1.165, 1.54) is 6.07 Å². The Morgan fingerprint density at radius 2 is 1.88 bits per heavy atom. The number of carboxylic acids is 1. The van der Waals surface area contributed by atoms with Gasteiger partial charge in [0.25, 0.3) is 5.69 Å². The minimum atomic E-state index is -1.09. The Labute approximate surface area is 149 Å². The van der Waals surface area contributed by atoms with Crippen LogP contribution < -0.4 is 4.72 Å². The van der Waals surface area contributed by atoms with Gasteiger partial charge >= 0.3 is 5.97 Å². The molecule has 2 rings (SSSR count). The number of hydrogen-bond donors (Lipinski definition) is 2. The second kappa shape index (κ2) is 9.16. The predicted octanol–water partition coefficient (Wildman–Crippen LogP) is 3.25. The monoisotopic (exact) mass is 362 g/mol. The Balaban J connectivity index is 1.98. The van der Waals surface area contributed by atoms with Crippen LogP contribution in [0.1, 0.15) is 12.5 Å². The van der Waals surface area contributed by atoms with Crippen molar-refractivity contribution in [3.8, 4) is 0 Å². The Kier molecular flexibility index (Phi) is 6.93. The molecule has 8 heteroatoms. The van der Waals surface area contributed by atoms with Gasteiger partial charge in [-0.2, -0.15) is 0 Å². The number of hydrogen-bond acceptors (Lipinski definition) is 6. The largest absolute Gasteiger partial charge is 0.480 e. The highest BCUT2D eigenvalue weighted by atomic mass is 32.2. The lowest BCUT2D eigenvalue weighted by Crippen LogP contribution is -2.42. The van der Waals surface area contributed by atoms with Crippen molar-refractivity contribution in [2.45, 2.75) is 30.6 Å². The molecule has 0 radical (unpaired) electrons. The molecule has 0 bridgehead atoms. The highest BCUT2D eigenvalue weighted by Crippen LogP contribution is 2.27. The highest BCUT2D eigenvalue weighted by Gasteiger charge is 2.26. The van der Waals surface area contributed by atoms with Gasteiger partial charge in [0.2, 0.25) is 0 Å². The number of para-hydroxylation sites is 1. The lowest BCUT2D eigenvalue weighted by atomic mass is 10.2. The number of nitrogens with zero attached hydrogens (tertiary/aromatic N) is 1. The number of ether oxygens (including phenoxy) is 1. The van der Waals surface area contributed by atoms with Gasteiger partial charge in [-0.3, -0.25) is 14.9 Å². The van der Waals surface area contributed by atoms with E-state index in [2.05, 4.69) is 4.72 Å². The molecule has 2 N–H and O–H groups in total. The van der Waals surface area contributed by atoms with Gasteiger partial charge in [0.05, 0.1) is 17.6 Å². The molecule has 25 heavy (non-hydrogen) atoms. The van der Waals surface area contributed by atoms with Gasteiger partial charge in [-0.15, -0.1) is 0 Å². The number of benzene rings is 2. The van der Waals surface area contributed by atoms with Gasteiger partial charge in [-0.05, 0) is 30.5 Å². The molecular weight excluding hydrogens is 344 g/mol. The first-order valence-electron chi connectivity index (χ1n) is 7.53. The second-order valence-corrected chi connectivity index (χ2v) is 6.14. The van der Waals surface area contributed by atoms with E-state index in [9.17, 15) is 20.0 Å². The minimum Gasteiger partial charge on any atom is -0.480 e. The summed E-state index contributed by atoms with van der Waals surface area (Å²) in [6.07, 6.45) is -0.632. The molecule has 0 heterocycles. The van der Waals surface area contributed by atoms with Gasteiger partial charge in [-0.1, -0.05) is 42.5 Å². The van der Waals surface area contributed by atoms with E-state index in [0.717, 1.165) is 17.5 Å². The van der Waals surface area contributed by atoms with Crippen LogP contribution in [0.15, 0.2) is 59.5 Å². The summed E-state index contributed by atoms with van der Waals surface area (Å²) in [5, 5.41) is 20.4. The molecule has 0 aliphatic heterocycles. The fourth-order valence-electron chi connectivity index (χ4n) is 2.07. The Bertz CT molecular complexity index is 726. The molecule has 0 fully saturated rings. The summed E-state index contributed by atoms with van der Waals surface area (Å²) in [6, 6.07) is 14.5. The van der Waals surface area contributed by atoms with Crippen molar-refractivity contribution in [2.75, 3.05) is 0 Å². The van der Waals surface area contributed by atoms with Crippen LogP contribution in [0.5, 0.6) is 0 Å². The van der Waals surface area contributed by atoms with E-state index >= 15 is 0 Å². The number of nitro benzene ring substituents is 1. The molecule has 0 aromatic heterocycles. The Morgan fingerprint density at radius 3 is 2.52 bits per heavy atom. The molecule has 2 atom stereocenters. The van der Waals surface area contributed by atoms with Crippen LogP contribution >= 0.6 is 11.9 Å². The quantitative estimate of drug-likeness (QED) is 0.401. The van der Waals surface area contributed by atoms with Crippen molar-refractivity contribution in [3.63, 3.8) is 0 Å². The van der Waals surface area contributed by atoms with Crippen LogP contribution in [0.3, 0.4) is 0 Å². The smallest absolute Gasteiger partial charge is 0.324 e. The van der Waals surface area contributed by atoms with E-state index in [1.54, 1.807) is 25.1 Å². The van der Waals surface area contributed by atoms with Crippen LogP contribution in [-0.4, -0.2) is 28.1 Å². The maximum absolute atomic E-state index is 11.5. The molecular formula is C17H18N2O5S. The summed E-state index contributed by atoms with van der Waals surface area (Å²) >= 11 is 0.909. The fraction of sp³-hybridized carbons (Fsp3) is 0.235. The first-order chi connectivity index (χ1) is 12.0. The number of aliphatic carboxylic acids is 1. The summed E-state index contributed by atoms with van der Waals surface area (Å²) in [6.45, 7) is 1.93. The molecule has 0 aliphatic carbocycles. The summed E-state index contributed by atoms with van der Waals surface area (Å²) in [5.74, 6) is -1.09. The first kappa shape index (κ1) is 18.9. The average Bonchev–Trinajstić information content (AvgIpc) is 2.61. The van der Waals surface area contributed by atoms with Gasteiger partial charge in [0.15, 0.2) is 0 Å². The Morgan fingerprint density at radius 1 is 1.24 bits per heavy atom. The normalized spacial score (nSPS) is 13.2.